The molecule has 0 radical (unpaired) electrons. The van der Waals surface area contributed by atoms with Crippen molar-refractivity contribution < 1.29 is 4.92 Å². The van der Waals surface area contributed by atoms with E-state index in [4.69, 9.17) is 0 Å². The summed E-state index contributed by atoms with van der Waals surface area (Å²) >= 11 is 1.95. The van der Waals surface area contributed by atoms with Crippen molar-refractivity contribution in [2.45, 2.75) is 13.3 Å². The summed E-state index contributed by atoms with van der Waals surface area (Å²) in [4.78, 5) is 12.9. The van der Waals surface area contributed by atoms with Gasteiger partial charge in [0.2, 0.25) is 0 Å². The Morgan fingerprint density at radius 2 is 2.21 bits per heavy atom. The van der Waals surface area contributed by atoms with Gasteiger partial charge in [0.25, 0.3) is 5.69 Å². The number of nitro benzene ring substituents is 1. The zero-order valence-electron chi connectivity index (χ0n) is 11.1. The number of nitrogens with one attached hydrogen (secondary N) is 1. The van der Waals surface area contributed by atoms with Crippen molar-refractivity contribution in [2.75, 3.05) is 41.4 Å². The van der Waals surface area contributed by atoms with E-state index in [0.29, 0.717) is 0 Å². The van der Waals surface area contributed by atoms with Crippen LogP contribution < -0.4 is 10.2 Å². The summed E-state index contributed by atoms with van der Waals surface area (Å²) in [7, 11) is 0. The van der Waals surface area contributed by atoms with Crippen molar-refractivity contribution in [3.8, 4) is 0 Å². The molecular weight excluding hydrogens is 262 g/mol. The molecule has 0 unspecified atom stereocenters. The van der Waals surface area contributed by atoms with E-state index in [1.54, 1.807) is 12.1 Å². The summed E-state index contributed by atoms with van der Waals surface area (Å²) in [6, 6.07) is 5.28. The van der Waals surface area contributed by atoms with E-state index in [1.807, 2.05) is 24.8 Å². The molecule has 0 amide bonds. The zero-order chi connectivity index (χ0) is 13.7. The van der Waals surface area contributed by atoms with E-state index in [-0.39, 0.29) is 10.6 Å². The molecule has 1 aliphatic heterocycles. The molecule has 0 aromatic heterocycles. The van der Waals surface area contributed by atoms with Gasteiger partial charge < -0.3 is 10.2 Å². The number of hydrogen-bond donors (Lipinski definition) is 1. The van der Waals surface area contributed by atoms with E-state index in [0.717, 1.165) is 43.2 Å². The minimum absolute atomic E-state index is 0.158. The fraction of sp³-hybridized carbons (Fsp3) is 0.538. The first-order valence-corrected chi connectivity index (χ1v) is 7.72. The van der Waals surface area contributed by atoms with E-state index in [2.05, 4.69) is 10.2 Å². The molecule has 6 heteroatoms. The lowest BCUT2D eigenvalue weighted by Crippen LogP contribution is -2.25. The molecule has 0 saturated carbocycles. The Morgan fingerprint density at radius 1 is 1.37 bits per heavy atom. The molecular formula is C13H19N3O2S. The molecule has 1 heterocycles. The third-order valence-corrected chi connectivity index (χ3v) is 4.13. The first kappa shape index (κ1) is 14.0. The van der Waals surface area contributed by atoms with Gasteiger partial charge in [-0.3, -0.25) is 10.1 Å². The van der Waals surface area contributed by atoms with Crippen LogP contribution >= 0.6 is 11.8 Å². The Bertz CT molecular complexity index is 446. The van der Waals surface area contributed by atoms with Crippen LogP contribution in [-0.4, -0.2) is 36.1 Å². The van der Waals surface area contributed by atoms with E-state index in [1.165, 1.54) is 5.75 Å². The molecule has 1 fully saturated rings. The Balaban J connectivity index is 2.28. The maximum Gasteiger partial charge on any atom is 0.273 e. The van der Waals surface area contributed by atoms with E-state index < -0.39 is 0 Å². The number of non-ortho nitro benzene ring substituents is 1. The highest BCUT2D eigenvalue weighted by Gasteiger charge is 2.15. The van der Waals surface area contributed by atoms with Gasteiger partial charge >= 0.3 is 0 Å². The molecule has 0 atom stereocenters. The van der Waals surface area contributed by atoms with Gasteiger partial charge in [-0.1, -0.05) is 0 Å². The van der Waals surface area contributed by atoms with E-state index in [9.17, 15) is 10.1 Å². The zero-order valence-corrected chi connectivity index (χ0v) is 11.9. The van der Waals surface area contributed by atoms with Crippen molar-refractivity contribution in [3.63, 3.8) is 0 Å². The summed E-state index contributed by atoms with van der Waals surface area (Å²) in [5.41, 5.74) is 1.93. The van der Waals surface area contributed by atoms with Crippen LogP contribution in [0.25, 0.3) is 0 Å². The predicted octanol–water partition coefficient (Wildman–Crippen LogP) is 2.97. The summed E-state index contributed by atoms with van der Waals surface area (Å²) < 4.78 is 0. The predicted molar refractivity (Wildman–Crippen MR) is 81.4 cm³/mol. The fourth-order valence-electron chi connectivity index (χ4n) is 2.19. The maximum absolute atomic E-state index is 11.0. The minimum atomic E-state index is -0.323. The summed E-state index contributed by atoms with van der Waals surface area (Å²) in [5, 5.41) is 14.2. The van der Waals surface area contributed by atoms with Crippen LogP contribution in [0.1, 0.15) is 13.3 Å². The lowest BCUT2D eigenvalue weighted by molar-refractivity contribution is -0.384. The van der Waals surface area contributed by atoms with Crippen LogP contribution in [0.5, 0.6) is 0 Å². The number of nitrogens with zero attached hydrogens (tertiary/aromatic N) is 2. The standard InChI is InChI=1S/C13H19N3O2S/c1-2-14-11-8-12(10-13(9-11)16(17)18)15-4-3-6-19-7-5-15/h8-10,14H,2-7H2,1H3. The number of anilines is 2. The van der Waals surface area contributed by atoms with Gasteiger partial charge in [0.05, 0.1) is 4.92 Å². The molecule has 1 saturated heterocycles. The van der Waals surface area contributed by atoms with Crippen molar-refractivity contribution in [3.05, 3.63) is 28.3 Å². The van der Waals surface area contributed by atoms with Gasteiger partial charge in [-0.15, -0.1) is 0 Å². The van der Waals surface area contributed by atoms with Gasteiger partial charge in [-0.05, 0) is 25.2 Å². The van der Waals surface area contributed by atoms with Crippen molar-refractivity contribution in [2.24, 2.45) is 0 Å². The average Bonchev–Trinajstić information content (AvgIpc) is 2.67. The van der Waals surface area contributed by atoms with Crippen LogP contribution in [-0.2, 0) is 0 Å². The number of benzene rings is 1. The summed E-state index contributed by atoms with van der Waals surface area (Å²) in [6.45, 7) is 4.68. The van der Waals surface area contributed by atoms with Crippen molar-refractivity contribution in [1.29, 1.82) is 0 Å². The van der Waals surface area contributed by atoms with Gasteiger partial charge in [0.15, 0.2) is 0 Å². The molecule has 1 aromatic carbocycles. The average molecular weight is 281 g/mol. The number of thioether (sulfide) groups is 1. The SMILES string of the molecule is CCNc1cc(N2CCCSCC2)cc([N+](=O)[O-])c1. The van der Waals surface area contributed by atoms with Crippen LogP contribution in [0.15, 0.2) is 18.2 Å². The molecule has 2 rings (SSSR count). The lowest BCUT2D eigenvalue weighted by atomic mass is 10.2. The Hall–Kier alpha value is -1.43. The fourth-order valence-corrected chi connectivity index (χ4v) is 3.08. The monoisotopic (exact) mass is 281 g/mol. The molecule has 5 nitrogen and oxygen atoms in total. The topological polar surface area (TPSA) is 58.4 Å². The number of rotatable bonds is 4. The Morgan fingerprint density at radius 3 is 2.95 bits per heavy atom. The Kier molecular flexibility index (Phi) is 4.90. The van der Waals surface area contributed by atoms with Gasteiger partial charge in [0, 0.05) is 48.9 Å². The normalized spacial score (nSPS) is 15.9. The quantitative estimate of drug-likeness (QED) is 0.679. The van der Waals surface area contributed by atoms with Crippen molar-refractivity contribution >= 4 is 28.8 Å². The van der Waals surface area contributed by atoms with Crippen LogP contribution in [0, 0.1) is 10.1 Å². The molecule has 19 heavy (non-hydrogen) atoms. The first-order chi connectivity index (χ1) is 9.20. The van der Waals surface area contributed by atoms with E-state index >= 15 is 0 Å². The highest BCUT2D eigenvalue weighted by Crippen LogP contribution is 2.28. The summed E-state index contributed by atoms with van der Waals surface area (Å²) in [5.74, 6) is 2.25. The highest BCUT2D eigenvalue weighted by molar-refractivity contribution is 7.99. The second kappa shape index (κ2) is 6.65. The first-order valence-electron chi connectivity index (χ1n) is 6.56. The molecule has 104 valence electrons. The molecule has 1 aromatic rings. The highest BCUT2D eigenvalue weighted by atomic mass is 32.2. The number of nitro groups is 1. The maximum atomic E-state index is 11.0. The largest absolute Gasteiger partial charge is 0.385 e. The molecule has 0 spiro atoms. The molecule has 1 N–H and O–H groups in total. The molecule has 0 bridgehead atoms. The van der Waals surface area contributed by atoms with Crippen LogP contribution in [0.3, 0.4) is 0 Å². The van der Waals surface area contributed by atoms with Gasteiger partial charge in [-0.25, -0.2) is 0 Å². The third kappa shape index (κ3) is 3.76. The van der Waals surface area contributed by atoms with Gasteiger partial charge in [0.1, 0.15) is 0 Å². The lowest BCUT2D eigenvalue weighted by Gasteiger charge is -2.22. The van der Waals surface area contributed by atoms with Crippen molar-refractivity contribution in [1.82, 2.24) is 0 Å². The van der Waals surface area contributed by atoms with Crippen LogP contribution in [0.4, 0.5) is 17.1 Å². The number of hydrogen-bond acceptors (Lipinski definition) is 5. The second-order valence-electron chi connectivity index (χ2n) is 4.48. The molecule has 1 aliphatic rings. The summed E-state index contributed by atoms with van der Waals surface area (Å²) in [6.07, 6.45) is 1.13. The minimum Gasteiger partial charge on any atom is -0.385 e. The molecule has 0 aliphatic carbocycles. The van der Waals surface area contributed by atoms with Crippen LogP contribution in [0.2, 0.25) is 0 Å². The van der Waals surface area contributed by atoms with Gasteiger partial charge in [-0.2, -0.15) is 11.8 Å². The third-order valence-electron chi connectivity index (χ3n) is 3.08. The second-order valence-corrected chi connectivity index (χ2v) is 5.70. The smallest absolute Gasteiger partial charge is 0.273 e. The Labute approximate surface area is 117 Å².